The van der Waals surface area contributed by atoms with Crippen LogP contribution in [0.25, 0.3) is 10.8 Å². The van der Waals surface area contributed by atoms with Crippen LogP contribution < -0.4 is 5.73 Å². The van der Waals surface area contributed by atoms with Crippen molar-refractivity contribution in [3.63, 3.8) is 0 Å². The van der Waals surface area contributed by atoms with Gasteiger partial charge >= 0.3 is 0 Å². The van der Waals surface area contributed by atoms with E-state index in [1.165, 1.54) is 16.5 Å². The Balaban J connectivity index is 2.84. The van der Waals surface area contributed by atoms with Gasteiger partial charge in [-0.3, -0.25) is 0 Å². The SMILES string of the molecule is CCc1ccc2c(N)nccc2c1C. The maximum absolute atomic E-state index is 5.81. The summed E-state index contributed by atoms with van der Waals surface area (Å²) in [4.78, 5) is 4.08. The van der Waals surface area contributed by atoms with Crippen molar-refractivity contribution in [2.45, 2.75) is 20.3 Å². The van der Waals surface area contributed by atoms with Gasteiger partial charge in [0.25, 0.3) is 0 Å². The van der Waals surface area contributed by atoms with Crippen LogP contribution in [0.1, 0.15) is 18.1 Å². The minimum absolute atomic E-state index is 0.619. The molecule has 0 aliphatic rings. The Kier molecular flexibility index (Phi) is 2.12. The van der Waals surface area contributed by atoms with Crippen LogP contribution in [0, 0.1) is 6.92 Å². The number of fused-ring (bicyclic) bond motifs is 1. The first-order chi connectivity index (χ1) is 6.74. The Morgan fingerprint density at radius 3 is 2.71 bits per heavy atom. The normalized spacial score (nSPS) is 10.7. The molecule has 0 saturated heterocycles. The summed E-state index contributed by atoms with van der Waals surface area (Å²) in [6.07, 6.45) is 2.83. The molecule has 14 heavy (non-hydrogen) atoms. The molecule has 2 heteroatoms. The summed E-state index contributed by atoms with van der Waals surface area (Å²) in [5.74, 6) is 0.619. The molecule has 2 N–H and O–H groups in total. The molecule has 0 unspecified atom stereocenters. The molecule has 0 spiro atoms. The zero-order valence-electron chi connectivity index (χ0n) is 8.54. The standard InChI is InChI=1S/C12H14N2/c1-3-9-4-5-11-10(8(9)2)6-7-14-12(11)13/h4-7H,3H2,1-2H3,(H2,13,14). The molecule has 1 aromatic heterocycles. The molecular weight excluding hydrogens is 172 g/mol. The second-order valence-electron chi connectivity index (χ2n) is 3.49. The van der Waals surface area contributed by atoms with Gasteiger partial charge < -0.3 is 5.73 Å². The van der Waals surface area contributed by atoms with Crippen molar-refractivity contribution in [3.8, 4) is 0 Å². The molecule has 72 valence electrons. The molecule has 2 rings (SSSR count). The topological polar surface area (TPSA) is 38.9 Å². The molecule has 0 atom stereocenters. The summed E-state index contributed by atoms with van der Waals surface area (Å²) in [6, 6.07) is 6.22. The van der Waals surface area contributed by atoms with Gasteiger partial charge in [0.2, 0.25) is 0 Å². The smallest absolute Gasteiger partial charge is 0.131 e. The highest BCUT2D eigenvalue weighted by Crippen LogP contribution is 2.24. The summed E-state index contributed by atoms with van der Waals surface area (Å²) in [6.45, 7) is 4.30. The molecule has 0 aliphatic heterocycles. The molecule has 0 radical (unpaired) electrons. The summed E-state index contributed by atoms with van der Waals surface area (Å²) in [5, 5.41) is 2.28. The van der Waals surface area contributed by atoms with Gasteiger partial charge in [0.15, 0.2) is 0 Å². The molecule has 0 bridgehead atoms. The lowest BCUT2D eigenvalue weighted by Gasteiger charge is -2.08. The van der Waals surface area contributed by atoms with Gasteiger partial charge in [0.05, 0.1) is 0 Å². The predicted molar refractivity (Wildman–Crippen MR) is 60.3 cm³/mol. The lowest BCUT2D eigenvalue weighted by atomic mass is 9.99. The van der Waals surface area contributed by atoms with Gasteiger partial charge in [-0.1, -0.05) is 19.1 Å². The minimum Gasteiger partial charge on any atom is -0.383 e. The third-order valence-corrected chi connectivity index (χ3v) is 2.74. The van der Waals surface area contributed by atoms with Crippen molar-refractivity contribution in [1.29, 1.82) is 0 Å². The zero-order valence-corrected chi connectivity index (χ0v) is 8.54. The van der Waals surface area contributed by atoms with Crippen LogP contribution in [0.3, 0.4) is 0 Å². The number of anilines is 1. The Bertz CT molecular complexity index is 475. The summed E-state index contributed by atoms with van der Waals surface area (Å²) >= 11 is 0. The Hall–Kier alpha value is -1.57. The van der Waals surface area contributed by atoms with E-state index in [0.717, 1.165) is 11.8 Å². The van der Waals surface area contributed by atoms with Gasteiger partial charge in [-0.05, 0) is 35.9 Å². The average Bonchev–Trinajstić information content (AvgIpc) is 2.20. The number of hydrogen-bond acceptors (Lipinski definition) is 2. The van der Waals surface area contributed by atoms with Crippen molar-refractivity contribution in [2.24, 2.45) is 0 Å². The third-order valence-electron chi connectivity index (χ3n) is 2.74. The van der Waals surface area contributed by atoms with E-state index in [0.29, 0.717) is 5.82 Å². The van der Waals surface area contributed by atoms with E-state index in [2.05, 4.69) is 31.0 Å². The Labute approximate surface area is 83.8 Å². The molecule has 0 amide bonds. The molecule has 1 aromatic carbocycles. The highest BCUT2D eigenvalue weighted by molar-refractivity contribution is 5.93. The number of hydrogen-bond donors (Lipinski definition) is 1. The summed E-state index contributed by atoms with van der Waals surface area (Å²) in [5.41, 5.74) is 8.50. The van der Waals surface area contributed by atoms with Gasteiger partial charge in [-0.2, -0.15) is 0 Å². The lowest BCUT2D eigenvalue weighted by Crippen LogP contribution is -1.94. The van der Waals surface area contributed by atoms with Crippen molar-refractivity contribution < 1.29 is 0 Å². The fourth-order valence-electron chi connectivity index (χ4n) is 1.86. The number of pyridine rings is 1. The van der Waals surface area contributed by atoms with Crippen LogP contribution >= 0.6 is 0 Å². The highest BCUT2D eigenvalue weighted by Gasteiger charge is 2.04. The molecule has 2 nitrogen and oxygen atoms in total. The first kappa shape index (κ1) is 9.00. The number of nitrogens with zero attached hydrogens (tertiary/aromatic N) is 1. The fraction of sp³-hybridized carbons (Fsp3) is 0.250. The molecule has 0 aliphatic carbocycles. The number of rotatable bonds is 1. The monoisotopic (exact) mass is 186 g/mol. The fourth-order valence-corrected chi connectivity index (χ4v) is 1.86. The van der Waals surface area contributed by atoms with Crippen LogP contribution in [0.5, 0.6) is 0 Å². The van der Waals surface area contributed by atoms with E-state index in [4.69, 9.17) is 5.73 Å². The van der Waals surface area contributed by atoms with Gasteiger partial charge in [0.1, 0.15) is 5.82 Å². The molecule has 0 saturated carbocycles. The quantitative estimate of drug-likeness (QED) is 0.743. The molecular formula is C12H14N2. The van der Waals surface area contributed by atoms with Crippen molar-refractivity contribution >= 4 is 16.6 Å². The Morgan fingerprint density at radius 1 is 1.21 bits per heavy atom. The molecule has 0 fully saturated rings. The maximum Gasteiger partial charge on any atom is 0.131 e. The van der Waals surface area contributed by atoms with E-state index in [-0.39, 0.29) is 0 Å². The number of benzene rings is 1. The van der Waals surface area contributed by atoms with Gasteiger partial charge in [-0.25, -0.2) is 4.98 Å². The van der Waals surface area contributed by atoms with Gasteiger partial charge in [0, 0.05) is 11.6 Å². The molecule has 2 aromatic rings. The van der Waals surface area contributed by atoms with Crippen molar-refractivity contribution in [2.75, 3.05) is 5.73 Å². The van der Waals surface area contributed by atoms with Crippen LogP contribution in [0.15, 0.2) is 24.4 Å². The third kappa shape index (κ3) is 1.23. The Morgan fingerprint density at radius 2 is 2.00 bits per heavy atom. The van der Waals surface area contributed by atoms with Gasteiger partial charge in [-0.15, -0.1) is 0 Å². The average molecular weight is 186 g/mol. The summed E-state index contributed by atoms with van der Waals surface area (Å²) in [7, 11) is 0. The largest absolute Gasteiger partial charge is 0.383 e. The number of aromatic nitrogens is 1. The van der Waals surface area contributed by atoms with Crippen molar-refractivity contribution in [1.82, 2.24) is 4.98 Å². The van der Waals surface area contributed by atoms with E-state index < -0.39 is 0 Å². The lowest BCUT2D eigenvalue weighted by molar-refractivity contribution is 1.12. The van der Waals surface area contributed by atoms with E-state index in [1.54, 1.807) is 6.20 Å². The highest BCUT2D eigenvalue weighted by atomic mass is 14.8. The second kappa shape index (κ2) is 3.29. The minimum atomic E-state index is 0.619. The zero-order chi connectivity index (χ0) is 10.1. The van der Waals surface area contributed by atoms with Crippen LogP contribution in [-0.4, -0.2) is 4.98 Å². The maximum atomic E-state index is 5.81. The van der Waals surface area contributed by atoms with Crippen LogP contribution in [-0.2, 0) is 6.42 Å². The second-order valence-corrected chi connectivity index (χ2v) is 3.49. The molecule has 1 heterocycles. The van der Waals surface area contributed by atoms with Crippen LogP contribution in [0.2, 0.25) is 0 Å². The number of nitrogens with two attached hydrogens (primary N) is 1. The number of aryl methyl sites for hydroxylation is 2. The summed E-state index contributed by atoms with van der Waals surface area (Å²) < 4.78 is 0. The predicted octanol–water partition coefficient (Wildman–Crippen LogP) is 2.69. The first-order valence-electron chi connectivity index (χ1n) is 4.86. The van der Waals surface area contributed by atoms with Crippen LogP contribution in [0.4, 0.5) is 5.82 Å². The number of nitrogen functional groups attached to an aromatic ring is 1. The van der Waals surface area contributed by atoms with E-state index >= 15 is 0 Å². The van der Waals surface area contributed by atoms with E-state index in [9.17, 15) is 0 Å². The first-order valence-corrected chi connectivity index (χ1v) is 4.86. The van der Waals surface area contributed by atoms with Crippen molar-refractivity contribution in [3.05, 3.63) is 35.5 Å². The van der Waals surface area contributed by atoms with E-state index in [1.807, 2.05) is 6.07 Å².